The largest absolute Gasteiger partial charge is 0.384 e. The highest BCUT2D eigenvalue weighted by Crippen LogP contribution is 2.23. The van der Waals surface area contributed by atoms with Crippen molar-refractivity contribution in [2.75, 3.05) is 44.2 Å². The second kappa shape index (κ2) is 7.37. The Balaban J connectivity index is 2.15. The third-order valence-corrected chi connectivity index (χ3v) is 3.43. The van der Waals surface area contributed by atoms with Crippen LogP contribution in [0.15, 0.2) is 6.07 Å². The van der Waals surface area contributed by atoms with Crippen molar-refractivity contribution in [2.45, 2.75) is 19.4 Å². The topological polar surface area (TPSA) is 85.5 Å². The predicted octanol–water partition coefficient (Wildman–Crippen LogP) is 0.771. The quantitative estimate of drug-likeness (QED) is 0.588. The van der Waals surface area contributed by atoms with Crippen molar-refractivity contribution in [3.8, 4) is 0 Å². The molecule has 0 aromatic carbocycles. The molecule has 7 nitrogen and oxygen atoms in total. The first-order valence-electron chi connectivity index (χ1n) is 6.84. The molecule has 1 aliphatic rings. The van der Waals surface area contributed by atoms with E-state index in [9.17, 15) is 0 Å². The molecule has 1 atom stereocenters. The van der Waals surface area contributed by atoms with Crippen molar-refractivity contribution in [3.05, 3.63) is 11.9 Å². The molecule has 0 spiro atoms. The van der Waals surface area contributed by atoms with E-state index in [1.54, 1.807) is 14.2 Å². The Bertz CT molecular complexity index is 427. The molecule has 0 amide bonds. The van der Waals surface area contributed by atoms with Gasteiger partial charge in [0.2, 0.25) is 0 Å². The molecule has 1 saturated heterocycles. The summed E-state index contributed by atoms with van der Waals surface area (Å²) in [6.45, 7) is 3.10. The minimum Gasteiger partial charge on any atom is -0.384 e. The van der Waals surface area contributed by atoms with Crippen LogP contribution < -0.4 is 16.2 Å². The number of hydrogen-bond acceptors (Lipinski definition) is 7. The van der Waals surface area contributed by atoms with Gasteiger partial charge in [0.1, 0.15) is 18.2 Å². The number of nitrogens with two attached hydrogens (primary N) is 1. The number of nitrogens with zero attached hydrogens (tertiary/aromatic N) is 3. The van der Waals surface area contributed by atoms with Crippen LogP contribution in [0, 0.1) is 5.92 Å². The van der Waals surface area contributed by atoms with Crippen LogP contribution in [0.5, 0.6) is 0 Å². The van der Waals surface area contributed by atoms with Gasteiger partial charge in [-0.2, -0.15) is 0 Å². The molecule has 1 fully saturated rings. The molecule has 1 unspecified atom stereocenters. The molecule has 7 heteroatoms. The number of hydrazine groups is 1. The second-order valence-corrected chi connectivity index (χ2v) is 5.01. The maximum absolute atomic E-state index is 5.47. The first-order chi connectivity index (χ1) is 9.76. The van der Waals surface area contributed by atoms with E-state index in [-0.39, 0.29) is 0 Å². The Hall–Kier alpha value is -1.44. The summed E-state index contributed by atoms with van der Waals surface area (Å²) in [5, 5.41) is 0. The Morgan fingerprint density at radius 1 is 1.40 bits per heavy atom. The first kappa shape index (κ1) is 15.0. The van der Waals surface area contributed by atoms with Crippen molar-refractivity contribution in [3.63, 3.8) is 0 Å². The average molecular weight is 281 g/mol. The number of rotatable bonds is 6. The van der Waals surface area contributed by atoms with Crippen molar-refractivity contribution in [1.82, 2.24) is 9.97 Å². The zero-order valence-corrected chi connectivity index (χ0v) is 12.1. The van der Waals surface area contributed by atoms with Crippen LogP contribution in [0.3, 0.4) is 0 Å². The van der Waals surface area contributed by atoms with E-state index in [2.05, 4.69) is 20.3 Å². The van der Waals surface area contributed by atoms with Gasteiger partial charge in [0.05, 0.1) is 6.61 Å². The number of piperidine rings is 1. The average Bonchev–Trinajstić information content (AvgIpc) is 2.48. The Morgan fingerprint density at radius 2 is 2.25 bits per heavy atom. The zero-order chi connectivity index (χ0) is 14.4. The normalized spacial score (nSPS) is 19.1. The van der Waals surface area contributed by atoms with Crippen molar-refractivity contribution < 1.29 is 9.47 Å². The van der Waals surface area contributed by atoms with Crippen LogP contribution in [-0.2, 0) is 16.1 Å². The summed E-state index contributed by atoms with van der Waals surface area (Å²) in [4.78, 5) is 11.1. The fourth-order valence-corrected chi connectivity index (χ4v) is 2.56. The number of anilines is 2. The molecule has 0 saturated carbocycles. The molecular weight excluding hydrogens is 258 g/mol. The van der Waals surface area contributed by atoms with Gasteiger partial charge >= 0.3 is 0 Å². The van der Waals surface area contributed by atoms with Crippen LogP contribution in [0.1, 0.15) is 18.7 Å². The summed E-state index contributed by atoms with van der Waals surface area (Å²) >= 11 is 0. The van der Waals surface area contributed by atoms with Gasteiger partial charge in [0, 0.05) is 33.4 Å². The monoisotopic (exact) mass is 281 g/mol. The molecule has 3 N–H and O–H groups in total. The second-order valence-electron chi connectivity index (χ2n) is 5.01. The lowest BCUT2D eigenvalue weighted by Crippen LogP contribution is -2.37. The molecule has 112 valence electrons. The third kappa shape index (κ3) is 3.78. The number of nitrogen functional groups attached to an aromatic ring is 1. The minimum absolute atomic E-state index is 0.373. The van der Waals surface area contributed by atoms with Gasteiger partial charge in [-0.3, -0.25) is 0 Å². The van der Waals surface area contributed by atoms with E-state index in [4.69, 9.17) is 15.3 Å². The number of ether oxygens (including phenoxy) is 2. The maximum atomic E-state index is 5.47. The zero-order valence-electron chi connectivity index (χ0n) is 12.1. The Morgan fingerprint density at radius 3 is 2.95 bits per heavy atom. The van der Waals surface area contributed by atoms with Crippen molar-refractivity contribution in [2.24, 2.45) is 11.8 Å². The van der Waals surface area contributed by atoms with E-state index in [1.165, 1.54) is 6.42 Å². The summed E-state index contributed by atoms with van der Waals surface area (Å²) < 4.78 is 10.4. The number of hydrogen-bond donors (Lipinski definition) is 2. The predicted molar refractivity (Wildman–Crippen MR) is 77.4 cm³/mol. The van der Waals surface area contributed by atoms with E-state index in [0.717, 1.165) is 31.9 Å². The minimum atomic E-state index is 0.373. The molecule has 0 aliphatic carbocycles. The SMILES string of the molecule is COCc1nc(NN)cc(N2CCCC(COC)C2)n1. The molecule has 0 bridgehead atoms. The van der Waals surface area contributed by atoms with E-state index in [0.29, 0.717) is 24.2 Å². The summed E-state index contributed by atoms with van der Waals surface area (Å²) in [5.41, 5.74) is 2.58. The lowest BCUT2D eigenvalue weighted by molar-refractivity contribution is 0.143. The summed E-state index contributed by atoms with van der Waals surface area (Å²) in [7, 11) is 3.37. The number of nitrogens with one attached hydrogen (secondary N) is 1. The maximum Gasteiger partial charge on any atom is 0.158 e. The molecule has 1 aromatic heterocycles. The van der Waals surface area contributed by atoms with E-state index in [1.807, 2.05) is 6.07 Å². The highest BCUT2D eigenvalue weighted by Gasteiger charge is 2.21. The first-order valence-corrected chi connectivity index (χ1v) is 6.84. The Labute approximate surface area is 119 Å². The van der Waals surface area contributed by atoms with Crippen molar-refractivity contribution in [1.29, 1.82) is 0 Å². The van der Waals surface area contributed by atoms with Crippen LogP contribution >= 0.6 is 0 Å². The van der Waals surface area contributed by atoms with Crippen LogP contribution in [0.4, 0.5) is 11.6 Å². The molecular formula is C13H23N5O2. The van der Waals surface area contributed by atoms with E-state index < -0.39 is 0 Å². The van der Waals surface area contributed by atoms with Crippen molar-refractivity contribution >= 4 is 11.6 Å². The number of methoxy groups -OCH3 is 2. The Kier molecular flexibility index (Phi) is 5.51. The van der Waals surface area contributed by atoms with Gasteiger partial charge in [0.25, 0.3) is 0 Å². The highest BCUT2D eigenvalue weighted by molar-refractivity contribution is 5.49. The summed E-state index contributed by atoms with van der Waals surface area (Å²) in [6.07, 6.45) is 2.34. The van der Waals surface area contributed by atoms with Gasteiger partial charge in [-0.05, 0) is 18.8 Å². The van der Waals surface area contributed by atoms with Crippen LogP contribution in [0.2, 0.25) is 0 Å². The molecule has 20 heavy (non-hydrogen) atoms. The molecule has 0 radical (unpaired) electrons. The molecule has 2 heterocycles. The lowest BCUT2D eigenvalue weighted by atomic mass is 9.99. The third-order valence-electron chi connectivity index (χ3n) is 3.43. The smallest absolute Gasteiger partial charge is 0.158 e. The highest BCUT2D eigenvalue weighted by atomic mass is 16.5. The van der Waals surface area contributed by atoms with E-state index >= 15 is 0 Å². The van der Waals surface area contributed by atoms with Gasteiger partial charge < -0.3 is 19.8 Å². The molecule has 1 aliphatic heterocycles. The molecule has 2 rings (SSSR count). The van der Waals surface area contributed by atoms with Gasteiger partial charge in [-0.25, -0.2) is 15.8 Å². The van der Waals surface area contributed by atoms with Crippen LogP contribution in [0.25, 0.3) is 0 Å². The van der Waals surface area contributed by atoms with Gasteiger partial charge in [-0.15, -0.1) is 0 Å². The van der Waals surface area contributed by atoms with Gasteiger partial charge in [0.15, 0.2) is 5.82 Å². The lowest BCUT2D eigenvalue weighted by Gasteiger charge is -2.33. The summed E-state index contributed by atoms with van der Waals surface area (Å²) in [5.74, 6) is 8.14. The van der Waals surface area contributed by atoms with Crippen LogP contribution in [-0.4, -0.2) is 43.9 Å². The molecule has 1 aromatic rings. The summed E-state index contributed by atoms with van der Waals surface area (Å²) in [6, 6.07) is 1.87. The fraction of sp³-hybridized carbons (Fsp3) is 0.692. The van der Waals surface area contributed by atoms with Gasteiger partial charge in [-0.1, -0.05) is 0 Å². The number of aromatic nitrogens is 2. The standard InChI is InChI=1S/C13H23N5O2/c1-19-8-10-4-3-5-18(7-10)13-6-11(17-14)15-12(16-13)9-20-2/h6,10H,3-5,7-9,14H2,1-2H3,(H,15,16,17). The fourth-order valence-electron chi connectivity index (χ4n) is 2.56.